The topological polar surface area (TPSA) is 208 Å². The largest absolute Gasteiger partial charge is 0.393 e. The maximum absolute atomic E-state index is 12.2. The van der Waals surface area contributed by atoms with Crippen molar-refractivity contribution in [3.05, 3.63) is 0 Å². The summed E-state index contributed by atoms with van der Waals surface area (Å²) >= 11 is 0. The quantitative estimate of drug-likeness (QED) is 0.182. The van der Waals surface area contributed by atoms with Gasteiger partial charge in [-0.25, -0.2) is 0 Å². The van der Waals surface area contributed by atoms with E-state index in [2.05, 4.69) is 34.6 Å². The minimum atomic E-state index is -1.47. The van der Waals surface area contributed by atoms with Gasteiger partial charge in [0.2, 0.25) is 0 Å². The first-order chi connectivity index (χ1) is 25.0. The molecule has 13 nitrogen and oxygen atoms in total. The minimum absolute atomic E-state index is 0.0219. The molecule has 13 heteroatoms. The molecular weight excluding hydrogens is 700 g/mol. The Morgan fingerprint density at radius 1 is 0.685 bits per heavy atom. The van der Waals surface area contributed by atoms with Crippen LogP contribution in [0.2, 0.25) is 0 Å². The molecule has 0 aromatic heterocycles. The van der Waals surface area contributed by atoms with Gasteiger partial charge in [0.1, 0.15) is 36.6 Å². The van der Waals surface area contributed by atoms with E-state index < -0.39 is 90.2 Å². The van der Waals surface area contributed by atoms with Crippen molar-refractivity contribution in [2.45, 2.75) is 204 Å². The first-order valence-electron chi connectivity index (χ1n) is 20.7. The molecule has 21 atom stereocenters. The Labute approximate surface area is 319 Å². The van der Waals surface area contributed by atoms with Crippen molar-refractivity contribution >= 4 is 0 Å². The van der Waals surface area contributed by atoms with Crippen molar-refractivity contribution in [3.63, 3.8) is 0 Å². The molecule has 3 heterocycles. The van der Waals surface area contributed by atoms with E-state index in [9.17, 15) is 40.9 Å². The molecule has 2 spiro atoms. The number of ether oxygens (including phenoxy) is 5. The second kappa shape index (κ2) is 12.7. The second-order valence-electron chi connectivity index (χ2n) is 21.0. The summed E-state index contributed by atoms with van der Waals surface area (Å²) in [5.41, 5.74) is -2.90. The summed E-state index contributed by atoms with van der Waals surface area (Å²) in [6.07, 6.45) is -5.87. The van der Waals surface area contributed by atoms with Crippen molar-refractivity contribution < 1.29 is 64.5 Å². The normalized spacial score (nSPS) is 59.6. The van der Waals surface area contributed by atoms with E-state index in [1.807, 2.05) is 0 Å². The van der Waals surface area contributed by atoms with Crippen LogP contribution in [-0.2, 0) is 23.7 Å². The van der Waals surface area contributed by atoms with Gasteiger partial charge in [-0.05, 0) is 124 Å². The molecule has 8 fully saturated rings. The molecule has 0 bridgehead atoms. The fourth-order valence-corrected chi connectivity index (χ4v) is 14.8. The highest BCUT2D eigenvalue weighted by molar-refractivity contribution is 5.33. The Balaban J connectivity index is 1.15. The molecule has 0 aromatic rings. The molecule has 3 aliphatic heterocycles. The zero-order valence-electron chi connectivity index (χ0n) is 33.4. The van der Waals surface area contributed by atoms with Crippen molar-refractivity contribution in [2.75, 3.05) is 6.61 Å². The Hall–Kier alpha value is -0.520. The maximum Gasteiger partial charge on any atom is 0.186 e. The fourth-order valence-electron chi connectivity index (χ4n) is 14.8. The van der Waals surface area contributed by atoms with Crippen LogP contribution >= 0.6 is 0 Å². The SMILES string of the molecule is C[C@@H]1O[C@H](O[C@H]2C[C@@H]3[C@]4(CC[C@]5(C)C([C@@]6(C)CC[C@@H](C(C)(C)O)O6)[C@@H](O)C[C@@]35C)C[C@@]43CC[C@H](O[C@@H]4OC[C@@H](O)[C@H](O)[C@H]4O)C(C)(C)C23)[C@@H](O)[C@H](O)[C@H]1O. The Bertz CT molecular complexity index is 1440. The molecule has 5 aliphatic carbocycles. The average molecular weight is 769 g/mol. The fraction of sp³-hybridized carbons (Fsp3) is 1.00. The van der Waals surface area contributed by atoms with Gasteiger partial charge in [-0.15, -0.1) is 0 Å². The highest BCUT2D eigenvalue weighted by Crippen LogP contribution is 2.89. The Kier molecular flexibility index (Phi) is 9.50. The zero-order valence-corrected chi connectivity index (χ0v) is 33.4. The van der Waals surface area contributed by atoms with Crippen molar-refractivity contribution in [3.8, 4) is 0 Å². The molecule has 3 saturated heterocycles. The highest BCUT2D eigenvalue weighted by atomic mass is 16.7. The third-order valence-electron chi connectivity index (χ3n) is 17.6. The summed E-state index contributed by atoms with van der Waals surface area (Å²) in [7, 11) is 0. The maximum atomic E-state index is 12.2. The van der Waals surface area contributed by atoms with Gasteiger partial charge in [0.25, 0.3) is 0 Å². The summed E-state index contributed by atoms with van der Waals surface area (Å²) in [6, 6.07) is 0. The van der Waals surface area contributed by atoms with Crippen LogP contribution in [0.5, 0.6) is 0 Å². The van der Waals surface area contributed by atoms with E-state index in [4.69, 9.17) is 23.7 Å². The lowest BCUT2D eigenvalue weighted by atomic mass is 9.41. The predicted octanol–water partition coefficient (Wildman–Crippen LogP) is 1.75. The molecule has 0 radical (unpaired) electrons. The van der Waals surface area contributed by atoms with Crippen LogP contribution in [0.3, 0.4) is 0 Å². The van der Waals surface area contributed by atoms with Crippen LogP contribution in [0, 0.1) is 44.8 Å². The van der Waals surface area contributed by atoms with Gasteiger partial charge in [-0.2, -0.15) is 0 Å². The summed E-state index contributed by atoms with van der Waals surface area (Å²) in [5, 5.41) is 87.1. The van der Waals surface area contributed by atoms with Gasteiger partial charge >= 0.3 is 0 Å². The van der Waals surface area contributed by atoms with E-state index in [0.29, 0.717) is 19.3 Å². The average Bonchev–Trinajstić information content (AvgIpc) is 3.45. The first-order valence-corrected chi connectivity index (χ1v) is 20.7. The molecule has 8 rings (SSSR count). The highest BCUT2D eigenvalue weighted by Gasteiger charge is 2.85. The van der Waals surface area contributed by atoms with Crippen LogP contribution < -0.4 is 0 Å². The predicted molar refractivity (Wildman–Crippen MR) is 192 cm³/mol. The molecule has 54 heavy (non-hydrogen) atoms. The third-order valence-corrected chi connectivity index (χ3v) is 17.6. The number of aliphatic hydroxyl groups excluding tert-OH is 7. The molecule has 8 N–H and O–H groups in total. The van der Waals surface area contributed by atoms with E-state index in [1.165, 1.54) is 0 Å². The van der Waals surface area contributed by atoms with Crippen LogP contribution in [0.4, 0.5) is 0 Å². The monoisotopic (exact) mass is 768 g/mol. The Morgan fingerprint density at radius 3 is 2.04 bits per heavy atom. The van der Waals surface area contributed by atoms with Gasteiger partial charge in [0.15, 0.2) is 12.6 Å². The number of hydrogen-bond acceptors (Lipinski definition) is 13. The van der Waals surface area contributed by atoms with E-state index >= 15 is 0 Å². The van der Waals surface area contributed by atoms with Gasteiger partial charge in [-0.1, -0.05) is 27.7 Å². The number of rotatable bonds is 6. The lowest BCUT2D eigenvalue weighted by Gasteiger charge is -2.65. The smallest absolute Gasteiger partial charge is 0.186 e. The number of fused-ring (bicyclic) bond motifs is 2. The summed E-state index contributed by atoms with van der Waals surface area (Å²) in [4.78, 5) is 0. The molecule has 0 aromatic carbocycles. The van der Waals surface area contributed by atoms with Gasteiger partial charge in [0, 0.05) is 5.92 Å². The lowest BCUT2D eigenvalue weighted by molar-refractivity contribution is -0.335. The molecule has 2 unspecified atom stereocenters. The van der Waals surface area contributed by atoms with Crippen LogP contribution in [0.25, 0.3) is 0 Å². The molecule has 5 saturated carbocycles. The third kappa shape index (κ3) is 5.43. The Morgan fingerprint density at radius 2 is 1.37 bits per heavy atom. The van der Waals surface area contributed by atoms with Gasteiger partial charge in [-0.3, -0.25) is 0 Å². The van der Waals surface area contributed by atoms with Crippen LogP contribution in [0.1, 0.15) is 113 Å². The van der Waals surface area contributed by atoms with Crippen molar-refractivity contribution in [2.24, 2.45) is 44.8 Å². The van der Waals surface area contributed by atoms with Crippen molar-refractivity contribution in [1.82, 2.24) is 0 Å². The lowest BCUT2D eigenvalue weighted by Crippen LogP contribution is -2.65. The summed E-state index contributed by atoms with van der Waals surface area (Å²) in [6.45, 7) is 16.3. The second-order valence-corrected chi connectivity index (χ2v) is 21.0. The number of aliphatic hydroxyl groups is 8. The molecule has 8 aliphatic rings. The molecular formula is C41H68O13. The number of hydrogen-bond donors (Lipinski definition) is 8. The van der Waals surface area contributed by atoms with Crippen molar-refractivity contribution in [1.29, 1.82) is 0 Å². The van der Waals surface area contributed by atoms with Gasteiger partial charge in [0.05, 0.1) is 48.3 Å². The van der Waals surface area contributed by atoms with Crippen LogP contribution in [0.15, 0.2) is 0 Å². The molecule has 0 amide bonds. The minimum Gasteiger partial charge on any atom is -0.393 e. The van der Waals surface area contributed by atoms with E-state index in [-0.39, 0.29) is 52.1 Å². The summed E-state index contributed by atoms with van der Waals surface area (Å²) < 4.78 is 32.1. The van der Waals surface area contributed by atoms with E-state index in [0.717, 1.165) is 38.5 Å². The zero-order chi connectivity index (χ0) is 39.3. The molecule has 310 valence electrons. The standard InChI is InChI=1S/C41H68O13/c1-19-26(44)28(46)30(48)34(51-19)52-22-15-23-38(7)16-20(42)31(39(8)11-9-25(54-39)36(4,5)49)37(38,6)13-14-40(23)18-41(40)12-10-24(35(2,3)32(22)41)53-33-29(47)27(45)21(43)17-50-33/h19-34,42-49H,9-18H2,1-8H3/t19-,20-,21+,22-,23-,24-,25-,26-,27-,28+,29+,30-,31?,32?,33-,34+,37+,38-,39+,40-,41+/m0/s1. The van der Waals surface area contributed by atoms with E-state index in [1.54, 1.807) is 20.8 Å². The van der Waals surface area contributed by atoms with Crippen LogP contribution in [-0.4, -0.2) is 138 Å². The van der Waals surface area contributed by atoms with Gasteiger partial charge < -0.3 is 64.5 Å². The first kappa shape index (κ1) is 40.3. The summed E-state index contributed by atoms with van der Waals surface area (Å²) in [5.74, 6) is -0.0738.